The summed E-state index contributed by atoms with van der Waals surface area (Å²) in [6.07, 6.45) is 3.19. The van der Waals surface area contributed by atoms with Crippen molar-refractivity contribution in [2.24, 2.45) is 11.8 Å². The van der Waals surface area contributed by atoms with E-state index < -0.39 is 0 Å². The first-order valence-corrected chi connectivity index (χ1v) is 7.06. The molecule has 100 valence electrons. The van der Waals surface area contributed by atoms with Gasteiger partial charge in [0.1, 0.15) is 5.82 Å². The van der Waals surface area contributed by atoms with Crippen LogP contribution in [0.1, 0.15) is 32.8 Å². The average Bonchev–Trinajstić information content (AvgIpc) is 2.76. The van der Waals surface area contributed by atoms with Crippen LogP contribution in [-0.4, -0.2) is 24.6 Å². The Kier molecular flexibility index (Phi) is 4.59. The Bertz CT molecular complexity index is 376. The van der Waals surface area contributed by atoms with Gasteiger partial charge in [-0.15, -0.1) is 0 Å². The largest absolute Gasteiger partial charge is 0.356 e. The van der Waals surface area contributed by atoms with Crippen molar-refractivity contribution in [1.29, 1.82) is 0 Å². The SMILES string of the molecule is CC(C)CNCc1cccnc1N1CCC(C)C1. The van der Waals surface area contributed by atoms with Crippen molar-refractivity contribution < 1.29 is 0 Å². The van der Waals surface area contributed by atoms with E-state index in [9.17, 15) is 0 Å². The van der Waals surface area contributed by atoms with Gasteiger partial charge in [0.15, 0.2) is 0 Å². The molecular weight excluding hydrogens is 222 g/mol. The molecule has 1 saturated heterocycles. The Morgan fingerprint density at radius 3 is 3.00 bits per heavy atom. The fourth-order valence-corrected chi connectivity index (χ4v) is 2.48. The van der Waals surface area contributed by atoms with Gasteiger partial charge in [0, 0.05) is 31.4 Å². The third-order valence-corrected chi connectivity index (χ3v) is 3.46. The van der Waals surface area contributed by atoms with Crippen LogP contribution in [0.2, 0.25) is 0 Å². The van der Waals surface area contributed by atoms with Gasteiger partial charge in [-0.3, -0.25) is 0 Å². The third kappa shape index (κ3) is 3.45. The van der Waals surface area contributed by atoms with Gasteiger partial charge in [-0.2, -0.15) is 0 Å². The number of anilines is 1. The minimum Gasteiger partial charge on any atom is -0.356 e. The highest BCUT2D eigenvalue weighted by Gasteiger charge is 2.21. The van der Waals surface area contributed by atoms with E-state index in [0.29, 0.717) is 5.92 Å². The number of nitrogens with one attached hydrogen (secondary N) is 1. The van der Waals surface area contributed by atoms with Crippen LogP contribution >= 0.6 is 0 Å². The summed E-state index contributed by atoms with van der Waals surface area (Å²) in [7, 11) is 0. The summed E-state index contributed by atoms with van der Waals surface area (Å²) in [4.78, 5) is 7.01. The predicted octanol–water partition coefficient (Wildman–Crippen LogP) is 2.67. The molecule has 18 heavy (non-hydrogen) atoms. The Morgan fingerprint density at radius 2 is 2.33 bits per heavy atom. The van der Waals surface area contributed by atoms with E-state index in [1.54, 1.807) is 0 Å². The first kappa shape index (κ1) is 13.3. The Hall–Kier alpha value is -1.09. The molecular formula is C15H25N3. The summed E-state index contributed by atoms with van der Waals surface area (Å²) in [6, 6.07) is 4.23. The van der Waals surface area contributed by atoms with Crippen molar-refractivity contribution in [3.8, 4) is 0 Å². The monoisotopic (exact) mass is 247 g/mol. The average molecular weight is 247 g/mol. The maximum atomic E-state index is 4.58. The molecule has 1 fully saturated rings. The van der Waals surface area contributed by atoms with Gasteiger partial charge in [0.05, 0.1) is 0 Å². The molecule has 0 bridgehead atoms. The molecule has 3 heteroatoms. The summed E-state index contributed by atoms with van der Waals surface area (Å²) in [6.45, 7) is 11.1. The normalized spacial score (nSPS) is 19.8. The number of rotatable bonds is 5. The van der Waals surface area contributed by atoms with Crippen LogP contribution in [-0.2, 0) is 6.54 Å². The van der Waals surface area contributed by atoms with E-state index in [2.05, 4.69) is 42.0 Å². The lowest BCUT2D eigenvalue weighted by Crippen LogP contribution is -2.25. The van der Waals surface area contributed by atoms with Crippen molar-refractivity contribution in [3.05, 3.63) is 23.9 Å². The molecule has 1 aliphatic heterocycles. The van der Waals surface area contributed by atoms with Crippen LogP contribution in [0.4, 0.5) is 5.82 Å². The van der Waals surface area contributed by atoms with Crippen molar-refractivity contribution in [2.75, 3.05) is 24.5 Å². The van der Waals surface area contributed by atoms with Crippen LogP contribution in [0, 0.1) is 11.8 Å². The number of pyridine rings is 1. The zero-order valence-corrected chi connectivity index (χ0v) is 11.8. The van der Waals surface area contributed by atoms with Crippen LogP contribution in [0.15, 0.2) is 18.3 Å². The lowest BCUT2D eigenvalue weighted by molar-refractivity contribution is 0.551. The van der Waals surface area contributed by atoms with Crippen molar-refractivity contribution in [1.82, 2.24) is 10.3 Å². The van der Waals surface area contributed by atoms with Gasteiger partial charge < -0.3 is 10.2 Å². The van der Waals surface area contributed by atoms with Crippen LogP contribution in [0.25, 0.3) is 0 Å². The number of hydrogen-bond acceptors (Lipinski definition) is 3. The van der Waals surface area contributed by atoms with Crippen LogP contribution in [0.5, 0.6) is 0 Å². The van der Waals surface area contributed by atoms with Gasteiger partial charge in [0.25, 0.3) is 0 Å². The molecule has 0 amide bonds. The Labute approximate surface area is 111 Å². The minimum absolute atomic E-state index is 0.692. The highest BCUT2D eigenvalue weighted by molar-refractivity contribution is 5.47. The first-order valence-electron chi connectivity index (χ1n) is 7.06. The van der Waals surface area contributed by atoms with E-state index in [1.165, 1.54) is 17.8 Å². The van der Waals surface area contributed by atoms with E-state index >= 15 is 0 Å². The molecule has 0 saturated carbocycles. The molecule has 1 N–H and O–H groups in total. The van der Waals surface area contributed by atoms with Crippen LogP contribution < -0.4 is 10.2 Å². The zero-order chi connectivity index (χ0) is 13.0. The molecule has 1 aliphatic rings. The van der Waals surface area contributed by atoms with Gasteiger partial charge >= 0.3 is 0 Å². The molecule has 3 nitrogen and oxygen atoms in total. The van der Waals surface area contributed by atoms with E-state index in [4.69, 9.17) is 0 Å². The lowest BCUT2D eigenvalue weighted by Gasteiger charge is -2.20. The highest BCUT2D eigenvalue weighted by atomic mass is 15.2. The molecule has 0 aromatic carbocycles. The molecule has 0 spiro atoms. The van der Waals surface area contributed by atoms with E-state index in [1.807, 2.05) is 12.3 Å². The molecule has 2 rings (SSSR count). The number of hydrogen-bond donors (Lipinski definition) is 1. The van der Waals surface area contributed by atoms with Gasteiger partial charge in [0.2, 0.25) is 0 Å². The molecule has 2 heterocycles. The standard InChI is InChI=1S/C15H25N3/c1-12(2)9-16-10-14-5-4-7-17-15(14)18-8-6-13(3)11-18/h4-5,7,12-13,16H,6,8-11H2,1-3H3. The lowest BCUT2D eigenvalue weighted by atomic mass is 10.2. The molecule has 1 unspecified atom stereocenters. The third-order valence-electron chi connectivity index (χ3n) is 3.46. The maximum Gasteiger partial charge on any atom is 0.133 e. The number of aromatic nitrogens is 1. The van der Waals surface area contributed by atoms with E-state index in [0.717, 1.165) is 32.1 Å². The summed E-state index contributed by atoms with van der Waals surface area (Å²) >= 11 is 0. The highest BCUT2D eigenvalue weighted by Crippen LogP contribution is 2.24. The maximum absolute atomic E-state index is 4.58. The topological polar surface area (TPSA) is 28.2 Å². The summed E-state index contributed by atoms with van der Waals surface area (Å²) in [5, 5.41) is 3.51. The summed E-state index contributed by atoms with van der Waals surface area (Å²) in [5.41, 5.74) is 1.33. The van der Waals surface area contributed by atoms with Gasteiger partial charge in [-0.05, 0) is 30.9 Å². The molecule has 0 aliphatic carbocycles. The quantitative estimate of drug-likeness (QED) is 0.867. The second-order valence-electron chi connectivity index (χ2n) is 5.85. The smallest absolute Gasteiger partial charge is 0.133 e. The van der Waals surface area contributed by atoms with Gasteiger partial charge in [-0.1, -0.05) is 26.8 Å². The van der Waals surface area contributed by atoms with E-state index in [-0.39, 0.29) is 0 Å². The second-order valence-corrected chi connectivity index (χ2v) is 5.85. The number of nitrogens with zero attached hydrogens (tertiary/aromatic N) is 2. The van der Waals surface area contributed by atoms with Gasteiger partial charge in [-0.25, -0.2) is 4.98 Å². The summed E-state index contributed by atoms with van der Waals surface area (Å²) in [5.74, 6) is 2.67. The molecule has 1 atom stereocenters. The molecule has 1 aromatic rings. The first-order chi connectivity index (χ1) is 8.66. The second kappa shape index (κ2) is 6.19. The molecule has 1 aromatic heterocycles. The fraction of sp³-hybridized carbons (Fsp3) is 0.667. The molecule has 0 radical (unpaired) electrons. The fourth-order valence-electron chi connectivity index (χ4n) is 2.48. The van der Waals surface area contributed by atoms with Crippen LogP contribution in [0.3, 0.4) is 0 Å². The predicted molar refractivity (Wildman–Crippen MR) is 76.8 cm³/mol. The Balaban J connectivity index is 2.01. The van der Waals surface area contributed by atoms with Crippen molar-refractivity contribution in [3.63, 3.8) is 0 Å². The van der Waals surface area contributed by atoms with Crippen molar-refractivity contribution in [2.45, 2.75) is 33.7 Å². The Morgan fingerprint density at radius 1 is 1.50 bits per heavy atom. The minimum atomic E-state index is 0.692. The summed E-state index contributed by atoms with van der Waals surface area (Å²) < 4.78 is 0. The zero-order valence-electron chi connectivity index (χ0n) is 11.8. The van der Waals surface area contributed by atoms with Crippen molar-refractivity contribution >= 4 is 5.82 Å².